The largest absolute Gasteiger partial charge is 0.453 e. The summed E-state index contributed by atoms with van der Waals surface area (Å²) < 4.78 is 61.0. The number of benzene rings is 1. The summed E-state index contributed by atoms with van der Waals surface area (Å²) in [6, 6.07) is 3.62. The molecule has 0 unspecified atom stereocenters. The summed E-state index contributed by atoms with van der Waals surface area (Å²) in [7, 11) is 3.35. The van der Waals surface area contributed by atoms with Gasteiger partial charge in [-0.1, -0.05) is 0 Å². The van der Waals surface area contributed by atoms with Crippen LogP contribution in [0, 0.1) is 5.82 Å². The van der Waals surface area contributed by atoms with Crippen molar-refractivity contribution in [3.8, 4) is 0 Å². The number of aromatic nitrogens is 2. The second kappa shape index (κ2) is 10.9. The number of hydrogen-bond acceptors (Lipinski definition) is 8. The molecule has 220 valence electrons. The van der Waals surface area contributed by atoms with E-state index < -0.39 is 23.7 Å². The fourth-order valence-corrected chi connectivity index (χ4v) is 5.69. The quantitative estimate of drug-likeness (QED) is 0.469. The summed E-state index contributed by atoms with van der Waals surface area (Å²) in [4.78, 5) is 25.5. The average molecular weight is 568 g/mol. The zero-order chi connectivity index (χ0) is 29.5. The lowest BCUT2D eigenvalue weighted by Gasteiger charge is -2.53. The van der Waals surface area contributed by atoms with E-state index in [0.717, 1.165) is 25.1 Å². The van der Waals surface area contributed by atoms with Crippen molar-refractivity contribution in [1.29, 1.82) is 0 Å². The summed E-state index contributed by atoms with van der Waals surface area (Å²) in [5.74, 6) is -0.530. The fourth-order valence-electron chi connectivity index (χ4n) is 5.69. The number of ether oxygens (including phenoxy) is 1. The summed E-state index contributed by atoms with van der Waals surface area (Å²) in [6.45, 7) is 9.42. The van der Waals surface area contributed by atoms with Gasteiger partial charge >= 0.3 is 12.3 Å². The maximum atomic E-state index is 14.7. The smallest absolute Gasteiger partial charge is 0.418 e. The van der Waals surface area contributed by atoms with Crippen LogP contribution in [-0.2, 0) is 10.9 Å². The predicted molar refractivity (Wildman–Crippen MR) is 145 cm³/mol. The van der Waals surface area contributed by atoms with E-state index >= 15 is 0 Å². The number of carbonyl (C=O) groups excluding carboxylic acids is 1. The molecule has 3 heterocycles. The van der Waals surface area contributed by atoms with Crippen molar-refractivity contribution in [2.24, 2.45) is 0 Å². The minimum Gasteiger partial charge on any atom is -0.453 e. The molecular weight excluding hydrogens is 530 g/mol. The Bertz CT molecular complexity index is 1210. The van der Waals surface area contributed by atoms with E-state index in [1.807, 2.05) is 0 Å². The van der Waals surface area contributed by atoms with Crippen LogP contribution in [0.3, 0.4) is 0 Å². The Labute approximate surface area is 231 Å². The van der Waals surface area contributed by atoms with E-state index in [-0.39, 0.29) is 60.8 Å². The molecule has 2 aliphatic heterocycles. The molecule has 0 atom stereocenters. The van der Waals surface area contributed by atoms with Gasteiger partial charge in [-0.2, -0.15) is 18.2 Å². The minimum absolute atomic E-state index is 0.0294. The van der Waals surface area contributed by atoms with Gasteiger partial charge in [0.2, 0.25) is 5.95 Å². The Morgan fingerprint density at radius 1 is 1.07 bits per heavy atom. The number of anilines is 4. The number of nitrogens with one attached hydrogen (secondary N) is 2. The van der Waals surface area contributed by atoms with Crippen molar-refractivity contribution in [1.82, 2.24) is 19.8 Å². The van der Waals surface area contributed by atoms with Gasteiger partial charge in [-0.15, -0.1) is 0 Å². The molecule has 9 nitrogen and oxygen atoms in total. The van der Waals surface area contributed by atoms with Gasteiger partial charge in [0.25, 0.3) is 0 Å². The number of nitrogens with zero attached hydrogens (tertiary/aromatic N) is 5. The molecule has 2 aliphatic rings. The van der Waals surface area contributed by atoms with Crippen molar-refractivity contribution < 1.29 is 27.1 Å². The second-order valence-electron chi connectivity index (χ2n) is 11.6. The Morgan fingerprint density at radius 3 is 2.27 bits per heavy atom. The lowest BCUT2D eigenvalue weighted by Crippen LogP contribution is -2.61. The third-order valence-corrected chi connectivity index (χ3v) is 8.01. The molecule has 1 aromatic carbocycles. The first-order valence-electron chi connectivity index (χ1n) is 13.2. The van der Waals surface area contributed by atoms with E-state index in [2.05, 4.69) is 60.2 Å². The number of methoxy groups -OCH3 is 1. The number of hydrogen-bond donors (Lipinski definition) is 2. The Hall–Kier alpha value is -3.35. The number of alkyl halides is 3. The molecule has 0 bridgehead atoms. The van der Waals surface area contributed by atoms with Gasteiger partial charge in [0.05, 0.1) is 24.6 Å². The van der Waals surface area contributed by atoms with Crippen molar-refractivity contribution in [3.63, 3.8) is 0 Å². The highest BCUT2D eigenvalue weighted by Crippen LogP contribution is 2.40. The van der Waals surface area contributed by atoms with Gasteiger partial charge < -0.3 is 25.2 Å². The molecule has 1 amide bonds. The average Bonchev–Trinajstić information content (AvgIpc) is 2.88. The van der Waals surface area contributed by atoms with E-state index in [9.17, 15) is 22.4 Å². The Kier molecular flexibility index (Phi) is 8.08. The van der Waals surface area contributed by atoms with E-state index in [0.29, 0.717) is 5.69 Å². The standard InChI is InChI=1S/C27H37F4N7O2/c1-25(2)14-18(15-26(3,4)36(25)5)33-22-20(28)16-32-23(35-22)34-17-7-8-19(27(29,30)31)21(13-17)37-9-11-38(12-10-37)24(39)40-6/h7-8,13,16,18H,9-12,14-15H2,1-6H3,(H2,32,33,34,35). The van der Waals surface area contributed by atoms with Crippen molar-refractivity contribution in [3.05, 3.63) is 35.8 Å². The zero-order valence-corrected chi connectivity index (χ0v) is 23.7. The molecule has 2 aromatic rings. The number of rotatable bonds is 5. The Morgan fingerprint density at radius 2 is 1.70 bits per heavy atom. The minimum atomic E-state index is -4.58. The SMILES string of the molecule is COC(=O)N1CCN(c2cc(Nc3ncc(F)c(NC4CC(C)(C)N(C)C(C)(C)C4)n3)ccc2C(F)(F)F)CC1. The van der Waals surface area contributed by atoms with Gasteiger partial charge in [0.1, 0.15) is 0 Å². The molecule has 0 aliphatic carbocycles. The summed E-state index contributed by atoms with van der Waals surface area (Å²) >= 11 is 0. The van der Waals surface area contributed by atoms with Gasteiger partial charge in [0.15, 0.2) is 11.6 Å². The lowest BCUT2D eigenvalue weighted by atomic mass is 9.77. The molecule has 2 N–H and O–H groups in total. The number of carbonyl (C=O) groups is 1. The number of piperazine rings is 1. The highest BCUT2D eigenvalue weighted by molar-refractivity contribution is 5.69. The number of halogens is 4. The number of likely N-dealkylation sites (tertiary alicyclic amines) is 1. The van der Waals surface area contributed by atoms with Crippen LogP contribution < -0.4 is 15.5 Å². The number of amides is 1. The third kappa shape index (κ3) is 6.34. The molecular formula is C27H37F4N7O2. The molecule has 40 heavy (non-hydrogen) atoms. The van der Waals surface area contributed by atoms with Gasteiger partial charge in [-0.05, 0) is 65.8 Å². The zero-order valence-electron chi connectivity index (χ0n) is 23.7. The van der Waals surface area contributed by atoms with Crippen LogP contribution in [0.5, 0.6) is 0 Å². The maximum Gasteiger partial charge on any atom is 0.418 e. The van der Waals surface area contributed by atoms with Crippen LogP contribution in [0.15, 0.2) is 24.4 Å². The molecule has 1 aromatic heterocycles. The summed E-state index contributed by atoms with van der Waals surface area (Å²) in [5, 5.41) is 6.15. The topological polar surface area (TPSA) is 85.9 Å². The lowest BCUT2D eigenvalue weighted by molar-refractivity contribution is -0.137. The maximum absolute atomic E-state index is 14.7. The molecule has 2 saturated heterocycles. The first-order chi connectivity index (χ1) is 18.6. The van der Waals surface area contributed by atoms with Crippen molar-refractivity contribution in [2.75, 3.05) is 55.9 Å². The van der Waals surface area contributed by atoms with Crippen molar-refractivity contribution in [2.45, 2.75) is 63.8 Å². The molecule has 13 heteroatoms. The van der Waals surface area contributed by atoms with Crippen LogP contribution in [0.4, 0.5) is 45.5 Å². The van der Waals surface area contributed by atoms with E-state index in [4.69, 9.17) is 4.74 Å². The molecule has 0 saturated carbocycles. The highest BCUT2D eigenvalue weighted by atomic mass is 19.4. The van der Waals surface area contributed by atoms with Crippen LogP contribution >= 0.6 is 0 Å². The van der Waals surface area contributed by atoms with Crippen molar-refractivity contribution >= 4 is 29.2 Å². The Balaban J connectivity index is 1.55. The molecule has 2 fully saturated rings. The third-order valence-electron chi connectivity index (χ3n) is 8.01. The van der Waals surface area contributed by atoms with Crippen LogP contribution in [0.1, 0.15) is 46.1 Å². The molecule has 0 spiro atoms. The monoisotopic (exact) mass is 567 g/mol. The van der Waals surface area contributed by atoms with E-state index in [1.165, 1.54) is 24.1 Å². The first-order valence-corrected chi connectivity index (χ1v) is 13.2. The van der Waals surface area contributed by atoms with Crippen LogP contribution in [-0.4, -0.2) is 83.3 Å². The highest BCUT2D eigenvalue weighted by Gasteiger charge is 2.43. The molecule has 4 rings (SSSR count). The fraction of sp³-hybridized carbons (Fsp3) is 0.593. The summed E-state index contributed by atoms with van der Waals surface area (Å²) in [6.07, 6.45) is -2.52. The van der Waals surface area contributed by atoms with Gasteiger partial charge in [0, 0.05) is 49.0 Å². The van der Waals surface area contributed by atoms with Gasteiger partial charge in [-0.25, -0.2) is 14.2 Å². The predicted octanol–water partition coefficient (Wildman–Crippen LogP) is 5.33. The van der Waals surface area contributed by atoms with Crippen LogP contribution in [0.2, 0.25) is 0 Å². The van der Waals surface area contributed by atoms with Crippen LogP contribution in [0.25, 0.3) is 0 Å². The summed E-state index contributed by atoms with van der Waals surface area (Å²) in [5.41, 5.74) is -0.749. The number of piperidine rings is 1. The molecule has 0 radical (unpaired) electrons. The van der Waals surface area contributed by atoms with Gasteiger partial charge in [-0.3, -0.25) is 4.90 Å². The first kappa shape index (κ1) is 29.6. The second-order valence-corrected chi connectivity index (χ2v) is 11.6. The van der Waals surface area contributed by atoms with E-state index in [1.54, 1.807) is 4.90 Å². The normalized spacial score (nSPS) is 19.9.